The van der Waals surface area contributed by atoms with E-state index in [4.69, 9.17) is 0 Å². The predicted octanol–water partition coefficient (Wildman–Crippen LogP) is 1.16. The fraction of sp³-hybridized carbons (Fsp3) is 0.421. The van der Waals surface area contributed by atoms with Gasteiger partial charge >= 0.3 is 0 Å². The molecule has 1 fully saturated rings. The quantitative estimate of drug-likeness (QED) is 0.382. The maximum absolute atomic E-state index is 12.9. The summed E-state index contributed by atoms with van der Waals surface area (Å²) in [7, 11) is 1.48. The number of unbranched alkanes of at least 4 members (excludes halogenated alkanes) is 2. The number of piperidine rings is 1. The van der Waals surface area contributed by atoms with Gasteiger partial charge in [-0.2, -0.15) is 0 Å². The second-order valence-corrected chi connectivity index (χ2v) is 6.36. The van der Waals surface area contributed by atoms with Crippen LogP contribution in [0.5, 0.6) is 0 Å². The van der Waals surface area contributed by atoms with Gasteiger partial charge in [-0.1, -0.05) is 6.07 Å². The number of nitrogens with one attached hydrogen (secondary N) is 2. The molecule has 2 N–H and O–H groups in total. The first-order valence-electron chi connectivity index (χ1n) is 8.86. The first kappa shape index (κ1) is 20.3. The zero-order valence-corrected chi connectivity index (χ0v) is 15.2. The van der Waals surface area contributed by atoms with Crippen molar-refractivity contribution in [2.45, 2.75) is 38.1 Å². The second kappa shape index (κ2) is 9.61. The molecule has 8 heteroatoms. The van der Waals surface area contributed by atoms with E-state index in [2.05, 4.69) is 10.6 Å². The van der Waals surface area contributed by atoms with Crippen LogP contribution in [0.3, 0.4) is 0 Å². The van der Waals surface area contributed by atoms with Gasteiger partial charge in [-0.05, 0) is 31.4 Å². The summed E-state index contributed by atoms with van der Waals surface area (Å²) in [6.07, 6.45) is 3.86. The molecule has 1 aromatic carbocycles. The number of rotatable bonds is 9. The molecule has 2 rings (SSSR count). The molecule has 0 aliphatic carbocycles. The Kier molecular flexibility index (Phi) is 7.22. The molecule has 1 unspecified atom stereocenters. The zero-order chi connectivity index (χ0) is 19.8. The number of hydrogen-bond acceptors (Lipinski definition) is 6. The van der Waals surface area contributed by atoms with Crippen LogP contribution in [0.15, 0.2) is 18.2 Å². The third kappa shape index (κ3) is 4.99. The largest absolute Gasteiger partial charge is 0.384 e. The van der Waals surface area contributed by atoms with Gasteiger partial charge in [0.1, 0.15) is 12.3 Å². The van der Waals surface area contributed by atoms with Crippen molar-refractivity contribution in [3.8, 4) is 0 Å². The fourth-order valence-corrected chi connectivity index (χ4v) is 2.99. The van der Waals surface area contributed by atoms with Crippen LogP contribution >= 0.6 is 0 Å². The molecule has 0 saturated carbocycles. The van der Waals surface area contributed by atoms with Crippen LogP contribution in [0, 0.1) is 0 Å². The number of carbonyl (C=O) groups excluding carboxylic acids is 5. The number of anilines is 1. The van der Waals surface area contributed by atoms with E-state index >= 15 is 0 Å². The summed E-state index contributed by atoms with van der Waals surface area (Å²) in [5, 5.41) is 5.33. The van der Waals surface area contributed by atoms with Gasteiger partial charge in [0.2, 0.25) is 11.8 Å². The standard InChI is InChI=1S/C19H23N3O5/c1-22(16-8-9-17(25)21-18(16)26)19(27)13-6-5-7-15(14(13)12-24)20-10-3-2-4-11-23/h5-7,11-12,16,20H,2-4,8-10H2,1H3,(H,21,25,26). The van der Waals surface area contributed by atoms with E-state index in [0.717, 1.165) is 19.1 Å². The van der Waals surface area contributed by atoms with E-state index < -0.39 is 17.9 Å². The fourth-order valence-electron chi connectivity index (χ4n) is 2.99. The van der Waals surface area contributed by atoms with Gasteiger partial charge in [-0.25, -0.2) is 0 Å². The van der Waals surface area contributed by atoms with Crippen LogP contribution in [0.2, 0.25) is 0 Å². The van der Waals surface area contributed by atoms with Crippen LogP contribution < -0.4 is 10.6 Å². The van der Waals surface area contributed by atoms with Crippen molar-refractivity contribution >= 4 is 36.0 Å². The Morgan fingerprint density at radius 2 is 2.07 bits per heavy atom. The van der Waals surface area contributed by atoms with E-state index in [1.807, 2.05) is 0 Å². The number of hydrogen-bond donors (Lipinski definition) is 2. The summed E-state index contributed by atoms with van der Waals surface area (Å²) < 4.78 is 0. The van der Waals surface area contributed by atoms with Crippen LogP contribution in [-0.2, 0) is 14.4 Å². The monoisotopic (exact) mass is 373 g/mol. The molecule has 8 nitrogen and oxygen atoms in total. The Morgan fingerprint density at radius 3 is 2.74 bits per heavy atom. The van der Waals surface area contributed by atoms with Crippen LogP contribution in [0.25, 0.3) is 0 Å². The van der Waals surface area contributed by atoms with Gasteiger partial charge in [0, 0.05) is 32.1 Å². The Hall–Kier alpha value is -3.03. The lowest BCUT2D eigenvalue weighted by atomic mass is 10.0. The highest BCUT2D eigenvalue weighted by atomic mass is 16.2. The lowest BCUT2D eigenvalue weighted by Gasteiger charge is -2.30. The van der Waals surface area contributed by atoms with Crippen molar-refractivity contribution in [3.63, 3.8) is 0 Å². The van der Waals surface area contributed by atoms with E-state index in [1.54, 1.807) is 12.1 Å². The van der Waals surface area contributed by atoms with Crippen LogP contribution in [0.1, 0.15) is 52.8 Å². The lowest BCUT2D eigenvalue weighted by Crippen LogP contribution is -2.53. The topological polar surface area (TPSA) is 113 Å². The molecule has 144 valence electrons. The van der Waals surface area contributed by atoms with E-state index in [-0.39, 0.29) is 29.9 Å². The maximum Gasteiger partial charge on any atom is 0.255 e. The van der Waals surface area contributed by atoms with Crippen LogP contribution in [0.4, 0.5) is 5.69 Å². The van der Waals surface area contributed by atoms with Gasteiger partial charge in [0.25, 0.3) is 5.91 Å². The van der Waals surface area contributed by atoms with Crippen molar-refractivity contribution in [2.75, 3.05) is 18.9 Å². The smallest absolute Gasteiger partial charge is 0.255 e. The maximum atomic E-state index is 12.9. The summed E-state index contributed by atoms with van der Waals surface area (Å²) in [6, 6.07) is 4.14. The average molecular weight is 373 g/mol. The first-order chi connectivity index (χ1) is 13.0. The number of carbonyl (C=O) groups is 5. The molecular formula is C19H23N3O5. The Bertz CT molecular complexity index is 747. The Morgan fingerprint density at radius 1 is 1.30 bits per heavy atom. The lowest BCUT2D eigenvalue weighted by molar-refractivity contribution is -0.136. The summed E-state index contributed by atoms with van der Waals surface area (Å²) >= 11 is 0. The van der Waals surface area contributed by atoms with E-state index in [1.165, 1.54) is 18.0 Å². The van der Waals surface area contributed by atoms with Gasteiger partial charge in [-0.15, -0.1) is 0 Å². The molecule has 0 bridgehead atoms. The number of nitrogens with zero attached hydrogens (tertiary/aromatic N) is 1. The number of imide groups is 1. The highest BCUT2D eigenvalue weighted by Crippen LogP contribution is 2.22. The van der Waals surface area contributed by atoms with Crippen molar-refractivity contribution in [1.82, 2.24) is 10.2 Å². The minimum atomic E-state index is -0.755. The predicted molar refractivity (Wildman–Crippen MR) is 98.5 cm³/mol. The molecule has 3 amide bonds. The number of aldehydes is 2. The third-order valence-corrected chi connectivity index (χ3v) is 4.52. The highest BCUT2D eigenvalue weighted by molar-refractivity contribution is 6.07. The summed E-state index contributed by atoms with van der Waals surface area (Å²) in [4.78, 5) is 59.3. The van der Waals surface area contributed by atoms with Gasteiger partial charge < -0.3 is 15.0 Å². The number of likely N-dealkylation sites (N-methyl/N-ethyl adjacent to an activating group) is 1. The van der Waals surface area contributed by atoms with E-state index in [0.29, 0.717) is 24.9 Å². The molecular weight excluding hydrogens is 350 g/mol. The molecule has 1 aliphatic rings. The van der Waals surface area contributed by atoms with Crippen molar-refractivity contribution in [3.05, 3.63) is 29.3 Å². The molecule has 0 radical (unpaired) electrons. The molecule has 1 aromatic rings. The van der Waals surface area contributed by atoms with Crippen molar-refractivity contribution < 1.29 is 24.0 Å². The molecule has 1 heterocycles. The third-order valence-electron chi connectivity index (χ3n) is 4.52. The SMILES string of the molecule is CN(C(=O)c1cccc(NCCCCC=O)c1C=O)C1CCC(=O)NC1=O. The molecule has 27 heavy (non-hydrogen) atoms. The summed E-state index contributed by atoms with van der Waals surface area (Å²) in [6.45, 7) is 0.565. The normalized spacial score (nSPS) is 16.4. The van der Waals surface area contributed by atoms with Crippen molar-refractivity contribution in [2.24, 2.45) is 0 Å². The summed E-state index contributed by atoms with van der Waals surface area (Å²) in [5.74, 6) is -1.33. The van der Waals surface area contributed by atoms with Crippen LogP contribution in [-0.4, -0.2) is 54.8 Å². The minimum absolute atomic E-state index is 0.164. The highest BCUT2D eigenvalue weighted by Gasteiger charge is 2.33. The molecule has 1 saturated heterocycles. The average Bonchev–Trinajstić information content (AvgIpc) is 2.66. The van der Waals surface area contributed by atoms with Gasteiger partial charge in [-0.3, -0.25) is 24.5 Å². The van der Waals surface area contributed by atoms with Crippen molar-refractivity contribution in [1.29, 1.82) is 0 Å². The van der Waals surface area contributed by atoms with Gasteiger partial charge in [0.15, 0.2) is 6.29 Å². The Labute approximate surface area is 157 Å². The second-order valence-electron chi connectivity index (χ2n) is 6.36. The van der Waals surface area contributed by atoms with Gasteiger partial charge in [0.05, 0.1) is 11.1 Å². The molecule has 0 aromatic heterocycles. The zero-order valence-electron chi connectivity index (χ0n) is 15.2. The number of benzene rings is 1. The number of amides is 3. The van der Waals surface area contributed by atoms with E-state index in [9.17, 15) is 24.0 Å². The molecule has 0 spiro atoms. The summed E-state index contributed by atoms with van der Waals surface area (Å²) in [5.41, 5.74) is 0.936. The molecule has 1 atom stereocenters. The molecule has 1 aliphatic heterocycles. The first-order valence-corrected chi connectivity index (χ1v) is 8.86. The minimum Gasteiger partial charge on any atom is -0.384 e. The Balaban J connectivity index is 2.14.